The largest absolute Gasteiger partial charge is 0.477 e. The van der Waals surface area contributed by atoms with Gasteiger partial charge in [-0.15, -0.1) is 5.10 Å². The van der Waals surface area contributed by atoms with Crippen molar-refractivity contribution in [1.82, 2.24) is 19.6 Å². The van der Waals surface area contributed by atoms with E-state index in [2.05, 4.69) is 15.1 Å². The van der Waals surface area contributed by atoms with Crippen LogP contribution in [0.3, 0.4) is 0 Å². The second-order valence-electron chi connectivity index (χ2n) is 4.92. The fourth-order valence-corrected chi connectivity index (χ4v) is 2.16. The molecule has 3 heterocycles. The third kappa shape index (κ3) is 2.91. The van der Waals surface area contributed by atoms with Crippen LogP contribution in [-0.4, -0.2) is 37.3 Å². The molecular weight excluding hydrogens is 298 g/mol. The van der Waals surface area contributed by atoms with E-state index in [-0.39, 0.29) is 17.4 Å². The number of nitrogens with two attached hydrogens (primary N) is 1. The maximum Gasteiger partial charge on any atom is 0.341 e. The van der Waals surface area contributed by atoms with Crippen LogP contribution in [0.25, 0.3) is 16.8 Å². The normalized spacial score (nSPS) is 10.8. The number of anilines is 1. The van der Waals surface area contributed by atoms with E-state index >= 15 is 0 Å². The molecule has 0 saturated heterocycles. The Morgan fingerprint density at radius 3 is 2.96 bits per heavy atom. The number of carbonyl (C=O) groups is 1. The zero-order chi connectivity index (χ0) is 16.4. The molecule has 8 heteroatoms. The van der Waals surface area contributed by atoms with Crippen LogP contribution in [0.15, 0.2) is 30.6 Å². The van der Waals surface area contributed by atoms with Gasteiger partial charge >= 0.3 is 5.97 Å². The summed E-state index contributed by atoms with van der Waals surface area (Å²) in [5.41, 5.74) is 7.57. The van der Waals surface area contributed by atoms with Crippen LogP contribution in [0, 0.1) is 0 Å². The summed E-state index contributed by atoms with van der Waals surface area (Å²) < 4.78 is 6.92. The second-order valence-corrected chi connectivity index (χ2v) is 4.92. The summed E-state index contributed by atoms with van der Waals surface area (Å²) in [4.78, 5) is 19.6. The van der Waals surface area contributed by atoms with Crippen molar-refractivity contribution in [1.29, 1.82) is 0 Å². The van der Waals surface area contributed by atoms with Crippen LogP contribution in [0.1, 0.15) is 23.7 Å². The number of hydrogen-bond donors (Lipinski definition) is 2. The van der Waals surface area contributed by atoms with Gasteiger partial charge < -0.3 is 15.6 Å². The summed E-state index contributed by atoms with van der Waals surface area (Å²) in [5, 5.41) is 13.3. The van der Waals surface area contributed by atoms with Crippen LogP contribution >= 0.6 is 0 Å². The average molecular weight is 313 g/mol. The molecule has 8 nitrogen and oxygen atoms in total. The molecule has 3 rings (SSSR count). The Hall–Kier alpha value is -3.16. The van der Waals surface area contributed by atoms with Gasteiger partial charge in [0.25, 0.3) is 0 Å². The molecule has 118 valence electrons. The fourth-order valence-electron chi connectivity index (χ4n) is 2.16. The lowest BCUT2D eigenvalue weighted by atomic mass is 10.1. The molecule has 0 spiro atoms. The first-order valence-corrected chi connectivity index (χ1v) is 7.07. The van der Waals surface area contributed by atoms with Crippen LogP contribution < -0.4 is 10.5 Å². The highest BCUT2D eigenvalue weighted by Gasteiger charge is 2.15. The number of nitrogens with zero attached hydrogens (tertiary/aromatic N) is 4. The van der Waals surface area contributed by atoms with Crippen molar-refractivity contribution in [3.05, 3.63) is 36.2 Å². The second kappa shape index (κ2) is 5.91. The Morgan fingerprint density at radius 2 is 2.22 bits per heavy atom. The van der Waals surface area contributed by atoms with Crippen molar-refractivity contribution in [2.45, 2.75) is 13.3 Å². The molecule has 0 aliphatic carbocycles. The Kier molecular flexibility index (Phi) is 3.80. The van der Waals surface area contributed by atoms with E-state index in [1.54, 1.807) is 29.0 Å². The van der Waals surface area contributed by atoms with Gasteiger partial charge in [0.15, 0.2) is 5.65 Å². The number of pyridine rings is 2. The number of nitrogen functional groups attached to an aromatic ring is 1. The van der Waals surface area contributed by atoms with E-state index in [1.807, 2.05) is 6.92 Å². The fraction of sp³-hybridized carbons (Fsp3) is 0.200. The third-order valence-corrected chi connectivity index (χ3v) is 3.21. The van der Waals surface area contributed by atoms with E-state index in [0.29, 0.717) is 17.8 Å². The summed E-state index contributed by atoms with van der Waals surface area (Å²) in [7, 11) is 0. The van der Waals surface area contributed by atoms with E-state index < -0.39 is 5.97 Å². The van der Waals surface area contributed by atoms with Gasteiger partial charge in [-0.2, -0.15) is 4.98 Å². The topological polar surface area (TPSA) is 116 Å². The van der Waals surface area contributed by atoms with Gasteiger partial charge in [-0.25, -0.2) is 14.3 Å². The highest BCUT2D eigenvalue weighted by atomic mass is 16.5. The van der Waals surface area contributed by atoms with E-state index in [1.165, 1.54) is 6.07 Å². The summed E-state index contributed by atoms with van der Waals surface area (Å²) in [6, 6.07) is 5.08. The lowest BCUT2D eigenvalue weighted by Gasteiger charge is -2.09. The highest BCUT2D eigenvalue weighted by Crippen LogP contribution is 2.25. The maximum atomic E-state index is 11.4. The molecule has 0 bridgehead atoms. The number of carboxylic acid groups (broad SMARTS) is 1. The van der Waals surface area contributed by atoms with Gasteiger partial charge in [0.2, 0.25) is 11.8 Å². The molecule has 3 aromatic rings. The summed E-state index contributed by atoms with van der Waals surface area (Å²) >= 11 is 0. The van der Waals surface area contributed by atoms with Gasteiger partial charge in [-0.1, -0.05) is 6.92 Å². The predicted molar refractivity (Wildman–Crippen MR) is 83.4 cm³/mol. The summed E-state index contributed by atoms with van der Waals surface area (Å²) in [6.45, 7) is 2.35. The summed E-state index contributed by atoms with van der Waals surface area (Å²) in [6.07, 6.45) is 4.05. The van der Waals surface area contributed by atoms with Crippen LogP contribution in [0.5, 0.6) is 5.88 Å². The molecule has 0 unspecified atom stereocenters. The highest BCUT2D eigenvalue weighted by molar-refractivity contribution is 5.91. The number of hydrogen-bond acceptors (Lipinski definition) is 6. The first kappa shape index (κ1) is 14.8. The van der Waals surface area contributed by atoms with Crippen molar-refractivity contribution in [2.75, 3.05) is 12.3 Å². The van der Waals surface area contributed by atoms with Gasteiger partial charge in [0.05, 0.1) is 6.61 Å². The minimum Gasteiger partial charge on any atom is -0.477 e. The van der Waals surface area contributed by atoms with Crippen LogP contribution in [0.2, 0.25) is 0 Å². The Balaban J connectivity index is 2.03. The zero-order valence-electron chi connectivity index (χ0n) is 12.4. The van der Waals surface area contributed by atoms with E-state index in [4.69, 9.17) is 10.5 Å². The van der Waals surface area contributed by atoms with E-state index in [0.717, 1.165) is 12.0 Å². The number of ether oxygens (including phenoxy) is 1. The predicted octanol–water partition coefficient (Wildman–Crippen LogP) is 1.86. The number of fused-ring (bicyclic) bond motifs is 1. The third-order valence-electron chi connectivity index (χ3n) is 3.21. The molecule has 3 N–H and O–H groups in total. The number of carboxylic acids is 1. The Labute approximate surface area is 131 Å². The first-order valence-electron chi connectivity index (χ1n) is 7.07. The number of aromatic nitrogens is 4. The molecule has 0 amide bonds. The lowest BCUT2D eigenvalue weighted by Crippen LogP contribution is -2.06. The number of aromatic carboxylic acids is 1. The molecule has 0 aliphatic heterocycles. The SMILES string of the molecule is CCCOc1ncc(-c2ccn3nc(N)nc3c2)cc1C(=O)O. The maximum absolute atomic E-state index is 11.4. The molecule has 23 heavy (non-hydrogen) atoms. The van der Waals surface area contributed by atoms with Crippen molar-refractivity contribution < 1.29 is 14.6 Å². The lowest BCUT2D eigenvalue weighted by molar-refractivity contribution is 0.0691. The minimum absolute atomic E-state index is 0.0248. The monoisotopic (exact) mass is 313 g/mol. The zero-order valence-corrected chi connectivity index (χ0v) is 12.4. The standard InChI is InChI=1S/C15H15N5O3/c1-2-5-23-13-11(14(21)22)6-10(8-17-13)9-3-4-20-12(7-9)18-15(16)19-20/h3-4,6-8H,2,5H2,1H3,(H2,16,19)(H,21,22). The number of rotatable bonds is 5. The Bertz CT molecular complexity index is 875. The molecule has 0 saturated carbocycles. The molecule has 0 aromatic carbocycles. The molecule has 0 fully saturated rings. The van der Waals surface area contributed by atoms with Gasteiger partial charge in [-0.05, 0) is 30.2 Å². The van der Waals surface area contributed by atoms with E-state index in [9.17, 15) is 9.90 Å². The summed E-state index contributed by atoms with van der Waals surface area (Å²) in [5.74, 6) is -0.788. The quantitative estimate of drug-likeness (QED) is 0.738. The van der Waals surface area contributed by atoms with Crippen molar-refractivity contribution in [3.63, 3.8) is 0 Å². The molecule has 3 aromatic heterocycles. The molecule has 0 atom stereocenters. The minimum atomic E-state index is -1.08. The van der Waals surface area contributed by atoms with Crippen LogP contribution in [-0.2, 0) is 0 Å². The van der Waals surface area contributed by atoms with Crippen molar-refractivity contribution in [3.8, 4) is 17.0 Å². The Morgan fingerprint density at radius 1 is 1.39 bits per heavy atom. The molecule has 0 radical (unpaired) electrons. The first-order chi connectivity index (χ1) is 11.1. The van der Waals surface area contributed by atoms with Crippen LogP contribution in [0.4, 0.5) is 5.95 Å². The molecule has 0 aliphatic rings. The average Bonchev–Trinajstić information content (AvgIpc) is 2.91. The van der Waals surface area contributed by atoms with Crippen molar-refractivity contribution >= 4 is 17.6 Å². The molecular formula is C15H15N5O3. The van der Waals surface area contributed by atoms with Gasteiger partial charge in [-0.3, -0.25) is 0 Å². The van der Waals surface area contributed by atoms with Gasteiger partial charge in [0, 0.05) is 18.0 Å². The van der Waals surface area contributed by atoms with Crippen molar-refractivity contribution in [2.24, 2.45) is 0 Å². The van der Waals surface area contributed by atoms with Gasteiger partial charge in [0.1, 0.15) is 5.56 Å². The smallest absolute Gasteiger partial charge is 0.341 e.